The smallest absolute Gasteiger partial charge is 0.287 e. The standard InChI is InChI=1S/C11H15BrN2O3/c1-6-2-9(12)17-10(6)11(16)14-4-7-3-13-5-8(7)15/h2,7-8,13,15H,3-5H2,1H3,(H,14,16). The van der Waals surface area contributed by atoms with Crippen molar-refractivity contribution in [1.82, 2.24) is 10.6 Å². The van der Waals surface area contributed by atoms with E-state index in [9.17, 15) is 9.90 Å². The molecular weight excluding hydrogens is 288 g/mol. The molecule has 2 atom stereocenters. The number of aliphatic hydroxyl groups excluding tert-OH is 1. The number of aryl methyl sites for hydroxylation is 1. The molecule has 1 aliphatic heterocycles. The second kappa shape index (κ2) is 5.20. The molecule has 94 valence electrons. The molecule has 1 aliphatic rings. The Kier molecular flexibility index (Phi) is 3.86. The molecule has 2 heterocycles. The molecule has 6 heteroatoms. The van der Waals surface area contributed by atoms with Gasteiger partial charge in [-0.3, -0.25) is 4.79 Å². The largest absolute Gasteiger partial charge is 0.444 e. The summed E-state index contributed by atoms with van der Waals surface area (Å²) in [6.45, 7) is 3.58. The van der Waals surface area contributed by atoms with E-state index in [1.54, 1.807) is 6.07 Å². The van der Waals surface area contributed by atoms with E-state index in [0.717, 1.165) is 12.1 Å². The van der Waals surface area contributed by atoms with E-state index in [4.69, 9.17) is 4.42 Å². The van der Waals surface area contributed by atoms with Gasteiger partial charge in [-0.15, -0.1) is 0 Å². The number of hydrogen-bond acceptors (Lipinski definition) is 4. The first-order valence-electron chi connectivity index (χ1n) is 5.51. The Morgan fingerprint density at radius 3 is 3.00 bits per heavy atom. The quantitative estimate of drug-likeness (QED) is 0.767. The Bertz CT molecular complexity index is 419. The maximum absolute atomic E-state index is 11.8. The Morgan fingerprint density at radius 2 is 2.47 bits per heavy atom. The van der Waals surface area contributed by atoms with Gasteiger partial charge in [0, 0.05) is 31.1 Å². The molecule has 0 radical (unpaired) electrons. The van der Waals surface area contributed by atoms with Gasteiger partial charge < -0.3 is 20.2 Å². The van der Waals surface area contributed by atoms with Crippen LogP contribution in [0.2, 0.25) is 0 Å². The number of carbonyl (C=O) groups excluding carboxylic acids is 1. The normalized spacial score (nSPS) is 23.9. The van der Waals surface area contributed by atoms with Crippen LogP contribution in [0.5, 0.6) is 0 Å². The van der Waals surface area contributed by atoms with Crippen LogP contribution in [-0.4, -0.2) is 36.8 Å². The van der Waals surface area contributed by atoms with Gasteiger partial charge in [-0.25, -0.2) is 0 Å². The van der Waals surface area contributed by atoms with E-state index in [1.807, 2.05) is 6.92 Å². The second-order valence-electron chi connectivity index (χ2n) is 4.26. The monoisotopic (exact) mass is 302 g/mol. The van der Waals surface area contributed by atoms with Gasteiger partial charge in [0.25, 0.3) is 5.91 Å². The fourth-order valence-electron chi connectivity index (χ4n) is 1.90. The highest BCUT2D eigenvalue weighted by molar-refractivity contribution is 9.10. The van der Waals surface area contributed by atoms with E-state index in [0.29, 0.717) is 23.5 Å². The number of amides is 1. The second-order valence-corrected chi connectivity index (χ2v) is 5.04. The molecule has 1 amide bonds. The number of nitrogens with one attached hydrogen (secondary N) is 2. The van der Waals surface area contributed by atoms with Gasteiger partial charge in [-0.1, -0.05) is 0 Å². The first-order valence-corrected chi connectivity index (χ1v) is 6.30. The van der Waals surface area contributed by atoms with Gasteiger partial charge in [0.15, 0.2) is 10.4 Å². The van der Waals surface area contributed by atoms with Crippen LogP contribution in [0.3, 0.4) is 0 Å². The van der Waals surface area contributed by atoms with Crippen molar-refractivity contribution >= 4 is 21.8 Å². The summed E-state index contributed by atoms with van der Waals surface area (Å²) in [5.74, 6) is 0.141. The SMILES string of the molecule is Cc1cc(Br)oc1C(=O)NCC1CNCC1O. The van der Waals surface area contributed by atoms with Crippen LogP contribution in [0.4, 0.5) is 0 Å². The highest BCUT2D eigenvalue weighted by Gasteiger charge is 2.25. The number of halogens is 1. The average molecular weight is 303 g/mol. The lowest BCUT2D eigenvalue weighted by molar-refractivity contribution is 0.0897. The van der Waals surface area contributed by atoms with Gasteiger partial charge in [0.1, 0.15) is 0 Å². The molecule has 2 unspecified atom stereocenters. The fraction of sp³-hybridized carbons (Fsp3) is 0.545. The lowest BCUT2D eigenvalue weighted by Gasteiger charge is -2.13. The zero-order chi connectivity index (χ0) is 12.4. The molecule has 0 saturated carbocycles. The average Bonchev–Trinajstić information content (AvgIpc) is 2.81. The fourth-order valence-corrected chi connectivity index (χ4v) is 2.41. The highest BCUT2D eigenvalue weighted by Crippen LogP contribution is 2.19. The summed E-state index contributed by atoms with van der Waals surface area (Å²) >= 11 is 3.18. The number of furan rings is 1. The molecule has 2 rings (SSSR count). The van der Waals surface area contributed by atoms with Crippen molar-refractivity contribution in [2.45, 2.75) is 13.0 Å². The van der Waals surface area contributed by atoms with Crippen molar-refractivity contribution in [2.75, 3.05) is 19.6 Å². The molecule has 1 fully saturated rings. The van der Waals surface area contributed by atoms with Crippen molar-refractivity contribution in [1.29, 1.82) is 0 Å². The number of aliphatic hydroxyl groups is 1. The molecule has 5 nitrogen and oxygen atoms in total. The van der Waals surface area contributed by atoms with Gasteiger partial charge in [-0.2, -0.15) is 0 Å². The van der Waals surface area contributed by atoms with Crippen molar-refractivity contribution < 1.29 is 14.3 Å². The van der Waals surface area contributed by atoms with Crippen LogP contribution < -0.4 is 10.6 Å². The Hall–Kier alpha value is -0.850. The van der Waals surface area contributed by atoms with E-state index < -0.39 is 0 Å². The van der Waals surface area contributed by atoms with E-state index in [1.165, 1.54) is 0 Å². The van der Waals surface area contributed by atoms with E-state index in [-0.39, 0.29) is 17.9 Å². The first-order chi connectivity index (χ1) is 8.08. The van der Waals surface area contributed by atoms with Gasteiger partial charge in [0.2, 0.25) is 0 Å². The van der Waals surface area contributed by atoms with Crippen LogP contribution in [0.15, 0.2) is 15.2 Å². The molecule has 0 spiro atoms. The minimum atomic E-state index is -0.389. The zero-order valence-electron chi connectivity index (χ0n) is 9.50. The summed E-state index contributed by atoms with van der Waals surface area (Å²) < 4.78 is 5.79. The highest BCUT2D eigenvalue weighted by atomic mass is 79.9. The number of hydrogen-bond donors (Lipinski definition) is 3. The third-order valence-corrected chi connectivity index (χ3v) is 3.31. The van der Waals surface area contributed by atoms with E-state index in [2.05, 4.69) is 26.6 Å². The molecule has 1 saturated heterocycles. The predicted molar refractivity (Wildman–Crippen MR) is 65.8 cm³/mol. The van der Waals surface area contributed by atoms with Crippen LogP contribution in [0.1, 0.15) is 16.1 Å². The van der Waals surface area contributed by atoms with Crippen LogP contribution in [0.25, 0.3) is 0 Å². The summed E-state index contributed by atoms with van der Waals surface area (Å²) in [6.07, 6.45) is -0.389. The summed E-state index contributed by atoms with van der Waals surface area (Å²) in [7, 11) is 0. The number of β-amino-alcohol motifs (C(OH)–C–C–N with tert-alkyl or cyclic N) is 1. The predicted octanol–water partition coefficient (Wildman–Crippen LogP) is 0.661. The van der Waals surface area contributed by atoms with Crippen molar-refractivity contribution in [3.05, 3.63) is 22.1 Å². The molecule has 17 heavy (non-hydrogen) atoms. The topological polar surface area (TPSA) is 74.5 Å². The third-order valence-electron chi connectivity index (χ3n) is 2.92. The van der Waals surface area contributed by atoms with Crippen LogP contribution >= 0.6 is 15.9 Å². The number of rotatable bonds is 3. The van der Waals surface area contributed by atoms with Crippen LogP contribution in [0, 0.1) is 12.8 Å². The molecule has 0 aliphatic carbocycles. The molecule has 0 bridgehead atoms. The van der Waals surface area contributed by atoms with Crippen molar-refractivity contribution in [2.24, 2.45) is 5.92 Å². The minimum Gasteiger partial charge on any atom is -0.444 e. The lowest BCUT2D eigenvalue weighted by Crippen LogP contribution is -2.34. The summed E-state index contributed by atoms with van der Waals surface area (Å²) in [4.78, 5) is 11.8. The maximum Gasteiger partial charge on any atom is 0.287 e. The molecule has 0 aromatic carbocycles. The molecular formula is C11H15BrN2O3. The summed E-state index contributed by atoms with van der Waals surface area (Å²) in [6, 6.07) is 1.75. The molecule has 3 N–H and O–H groups in total. The van der Waals surface area contributed by atoms with Gasteiger partial charge in [-0.05, 0) is 28.9 Å². The Morgan fingerprint density at radius 1 is 1.71 bits per heavy atom. The summed E-state index contributed by atoms with van der Waals surface area (Å²) in [5, 5.41) is 15.4. The Balaban J connectivity index is 1.91. The molecule has 1 aromatic rings. The van der Waals surface area contributed by atoms with Crippen molar-refractivity contribution in [3.8, 4) is 0 Å². The third kappa shape index (κ3) is 2.88. The first kappa shape index (κ1) is 12.6. The maximum atomic E-state index is 11.8. The lowest BCUT2D eigenvalue weighted by atomic mass is 10.1. The van der Waals surface area contributed by atoms with Crippen LogP contribution in [-0.2, 0) is 0 Å². The summed E-state index contributed by atoms with van der Waals surface area (Å²) in [5.41, 5.74) is 0.791. The van der Waals surface area contributed by atoms with Gasteiger partial charge in [0.05, 0.1) is 6.10 Å². The Labute approximate surface area is 108 Å². The van der Waals surface area contributed by atoms with Gasteiger partial charge >= 0.3 is 0 Å². The van der Waals surface area contributed by atoms with Crippen molar-refractivity contribution in [3.63, 3.8) is 0 Å². The molecule has 1 aromatic heterocycles. The minimum absolute atomic E-state index is 0.0673. The number of carbonyl (C=O) groups is 1. The zero-order valence-corrected chi connectivity index (χ0v) is 11.1. The van der Waals surface area contributed by atoms with E-state index >= 15 is 0 Å².